The van der Waals surface area contributed by atoms with E-state index in [1.165, 1.54) is 17.7 Å². The molecule has 3 N–H and O–H groups in total. The Morgan fingerprint density at radius 3 is 3.00 bits per heavy atom. The molecule has 0 saturated heterocycles. The molecule has 2 heterocycles. The van der Waals surface area contributed by atoms with Crippen molar-refractivity contribution in [3.63, 3.8) is 0 Å². The highest BCUT2D eigenvalue weighted by Crippen LogP contribution is 2.28. The lowest BCUT2D eigenvalue weighted by Gasteiger charge is -2.18. The predicted molar refractivity (Wildman–Crippen MR) is 80.0 cm³/mol. The number of aromatic hydroxyl groups is 1. The molecule has 3 aromatic rings. The Labute approximate surface area is 116 Å². The Bertz CT molecular complexity index is 792. The Morgan fingerprint density at radius 1 is 1.10 bits per heavy atom. The number of phenols is 1. The molecule has 100 valence electrons. The maximum atomic E-state index is 9.51. The summed E-state index contributed by atoms with van der Waals surface area (Å²) in [5.41, 5.74) is 5.39. The van der Waals surface area contributed by atoms with E-state index in [2.05, 4.69) is 33.5 Å². The van der Waals surface area contributed by atoms with Gasteiger partial charge in [-0.2, -0.15) is 0 Å². The van der Waals surface area contributed by atoms with Crippen molar-refractivity contribution in [1.29, 1.82) is 0 Å². The van der Waals surface area contributed by atoms with E-state index in [9.17, 15) is 5.11 Å². The third-order valence-electron chi connectivity index (χ3n) is 3.78. The van der Waals surface area contributed by atoms with Crippen molar-refractivity contribution in [2.45, 2.75) is 12.8 Å². The van der Waals surface area contributed by atoms with Crippen LogP contribution in [0.25, 0.3) is 22.4 Å². The number of aryl methyl sites for hydroxylation is 1. The van der Waals surface area contributed by atoms with Crippen LogP contribution in [-0.2, 0) is 6.42 Å². The van der Waals surface area contributed by atoms with E-state index in [1.54, 1.807) is 12.1 Å². The highest BCUT2D eigenvalue weighted by atomic mass is 16.3. The van der Waals surface area contributed by atoms with Crippen LogP contribution in [0.1, 0.15) is 12.0 Å². The van der Waals surface area contributed by atoms with Gasteiger partial charge in [-0.05, 0) is 48.7 Å². The maximum absolute atomic E-state index is 9.51. The quantitative estimate of drug-likeness (QED) is 0.632. The van der Waals surface area contributed by atoms with Gasteiger partial charge in [0.05, 0.1) is 11.0 Å². The third-order valence-corrected chi connectivity index (χ3v) is 3.78. The average Bonchev–Trinajstić information content (AvgIpc) is 2.89. The monoisotopic (exact) mass is 265 g/mol. The van der Waals surface area contributed by atoms with Gasteiger partial charge >= 0.3 is 0 Å². The molecule has 0 radical (unpaired) electrons. The van der Waals surface area contributed by atoms with Crippen LogP contribution < -0.4 is 5.32 Å². The maximum Gasteiger partial charge on any atom is 0.138 e. The molecule has 0 saturated carbocycles. The van der Waals surface area contributed by atoms with Gasteiger partial charge in [-0.3, -0.25) is 0 Å². The lowest BCUT2D eigenvalue weighted by Crippen LogP contribution is -2.11. The standard InChI is InChI=1S/C16H15N3O/c20-12-4-6-14-15(9-12)19-16(18-14)11-3-5-13-10(8-11)2-1-7-17-13/h3-6,8-9,17,20H,1-2,7H2,(H,18,19). The van der Waals surface area contributed by atoms with E-state index in [0.717, 1.165) is 35.4 Å². The Kier molecular flexibility index (Phi) is 2.42. The number of nitrogens with zero attached hydrogens (tertiary/aromatic N) is 1. The summed E-state index contributed by atoms with van der Waals surface area (Å²) in [6, 6.07) is 11.6. The molecule has 4 rings (SSSR count). The van der Waals surface area contributed by atoms with Gasteiger partial charge in [0.1, 0.15) is 11.6 Å². The summed E-state index contributed by atoms with van der Waals surface area (Å²) in [4.78, 5) is 7.85. The zero-order valence-corrected chi connectivity index (χ0v) is 11.0. The molecule has 0 atom stereocenters. The molecule has 0 bridgehead atoms. The van der Waals surface area contributed by atoms with Crippen LogP contribution >= 0.6 is 0 Å². The van der Waals surface area contributed by atoms with Gasteiger partial charge in [0.2, 0.25) is 0 Å². The Hall–Kier alpha value is -2.49. The van der Waals surface area contributed by atoms with Gasteiger partial charge in [-0.1, -0.05) is 0 Å². The van der Waals surface area contributed by atoms with E-state index in [4.69, 9.17) is 0 Å². The fraction of sp³-hybridized carbons (Fsp3) is 0.188. The molecule has 0 spiro atoms. The molecule has 2 aromatic carbocycles. The van der Waals surface area contributed by atoms with E-state index in [1.807, 2.05) is 6.07 Å². The molecule has 4 heteroatoms. The zero-order chi connectivity index (χ0) is 13.5. The first-order chi connectivity index (χ1) is 9.79. The van der Waals surface area contributed by atoms with Gasteiger partial charge in [0, 0.05) is 23.9 Å². The van der Waals surface area contributed by atoms with Gasteiger partial charge in [0.25, 0.3) is 0 Å². The minimum absolute atomic E-state index is 0.252. The average molecular weight is 265 g/mol. The number of anilines is 1. The summed E-state index contributed by atoms with van der Waals surface area (Å²) < 4.78 is 0. The molecule has 0 unspecified atom stereocenters. The summed E-state index contributed by atoms with van der Waals surface area (Å²) >= 11 is 0. The number of phenolic OH excluding ortho intramolecular Hbond substituents is 1. The van der Waals surface area contributed by atoms with Crippen LogP contribution in [0.4, 0.5) is 5.69 Å². The van der Waals surface area contributed by atoms with Crippen LogP contribution in [0.5, 0.6) is 5.75 Å². The number of rotatable bonds is 1. The second-order valence-electron chi connectivity index (χ2n) is 5.19. The number of aromatic nitrogens is 2. The lowest BCUT2D eigenvalue weighted by atomic mass is 10.0. The molecule has 0 aliphatic carbocycles. The Morgan fingerprint density at radius 2 is 2.05 bits per heavy atom. The molecule has 4 nitrogen and oxygen atoms in total. The fourth-order valence-corrected chi connectivity index (χ4v) is 2.76. The van der Waals surface area contributed by atoms with Crippen molar-refractivity contribution in [1.82, 2.24) is 9.97 Å². The largest absolute Gasteiger partial charge is 0.508 e. The molecular formula is C16H15N3O. The van der Waals surface area contributed by atoms with Crippen molar-refractivity contribution in [2.75, 3.05) is 11.9 Å². The van der Waals surface area contributed by atoms with Crippen molar-refractivity contribution in [3.05, 3.63) is 42.0 Å². The summed E-state index contributed by atoms with van der Waals surface area (Å²) in [5.74, 6) is 1.10. The smallest absolute Gasteiger partial charge is 0.138 e. The molecule has 0 amide bonds. The number of nitrogens with one attached hydrogen (secondary N) is 2. The normalized spacial score (nSPS) is 14.0. The predicted octanol–water partition coefficient (Wildman–Crippen LogP) is 3.29. The summed E-state index contributed by atoms with van der Waals surface area (Å²) in [5, 5.41) is 12.9. The number of hydrogen-bond donors (Lipinski definition) is 3. The summed E-state index contributed by atoms with van der Waals surface area (Å²) in [6.45, 7) is 1.05. The number of hydrogen-bond acceptors (Lipinski definition) is 3. The minimum Gasteiger partial charge on any atom is -0.508 e. The fourth-order valence-electron chi connectivity index (χ4n) is 2.76. The number of aromatic amines is 1. The lowest BCUT2D eigenvalue weighted by molar-refractivity contribution is 0.476. The van der Waals surface area contributed by atoms with Crippen LogP contribution in [-0.4, -0.2) is 21.6 Å². The van der Waals surface area contributed by atoms with Crippen LogP contribution in [0.2, 0.25) is 0 Å². The van der Waals surface area contributed by atoms with Gasteiger partial charge in [-0.25, -0.2) is 4.98 Å². The highest BCUT2D eigenvalue weighted by molar-refractivity contribution is 5.81. The molecular weight excluding hydrogens is 250 g/mol. The molecule has 1 aliphatic rings. The first-order valence-corrected chi connectivity index (χ1v) is 6.85. The minimum atomic E-state index is 0.252. The second-order valence-corrected chi connectivity index (χ2v) is 5.19. The third kappa shape index (κ3) is 1.81. The molecule has 1 aromatic heterocycles. The van der Waals surface area contributed by atoms with E-state index >= 15 is 0 Å². The number of imidazole rings is 1. The van der Waals surface area contributed by atoms with Gasteiger partial charge < -0.3 is 15.4 Å². The number of benzene rings is 2. The van der Waals surface area contributed by atoms with Crippen LogP contribution in [0, 0.1) is 0 Å². The van der Waals surface area contributed by atoms with E-state index in [-0.39, 0.29) is 5.75 Å². The molecule has 20 heavy (non-hydrogen) atoms. The van der Waals surface area contributed by atoms with Gasteiger partial charge in [-0.15, -0.1) is 0 Å². The van der Waals surface area contributed by atoms with Crippen molar-refractivity contribution in [2.24, 2.45) is 0 Å². The first kappa shape index (κ1) is 11.3. The summed E-state index contributed by atoms with van der Waals surface area (Å²) in [6.07, 6.45) is 2.28. The number of H-pyrrole nitrogens is 1. The van der Waals surface area contributed by atoms with Crippen molar-refractivity contribution < 1.29 is 5.11 Å². The topological polar surface area (TPSA) is 60.9 Å². The second kappa shape index (κ2) is 4.27. The molecule has 1 aliphatic heterocycles. The summed E-state index contributed by atoms with van der Waals surface area (Å²) in [7, 11) is 0. The highest BCUT2D eigenvalue weighted by Gasteiger charge is 2.11. The van der Waals surface area contributed by atoms with Gasteiger partial charge in [0.15, 0.2) is 0 Å². The zero-order valence-electron chi connectivity index (χ0n) is 11.0. The van der Waals surface area contributed by atoms with E-state index in [0.29, 0.717) is 0 Å². The first-order valence-electron chi connectivity index (χ1n) is 6.85. The van der Waals surface area contributed by atoms with Crippen molar-refractivity contribution >= 4 is 16.7 Å². The SMILES string of the molecule is Oc1ccc2nc(-c3ccc4c(c3)CCCN4)[nH]c2c1. The van der Waals surface area contributed by atoms with Crippen LogP contribution in [0.3, 0.4) is 0 Å². The molecule has 0 fully saturated rings. The number of fused-ring (bicyclic) bond motifs is 2. The Balaban J connectivity index is 1.82. The van der Waals surface area contributed by atoms with Crippen molar-refractivity contribution in [3.8, 4) is 17.1 Å². The van der Waals surface area contributed by atoms with Crippen LogP contribution in [0.15, 0.2) is 36.4 Å². The van der Waals surface area contributed by atoms with E-state index < -0.39 is 0 Å².